The maximum Gasteiger partial charge on any atom is 0.407 e. The molecule has 1 amide bonds. The zero-order chi connectivity index (χ0) is 23.2. The molecule has 0 fully saturated rings. The number of carbonyl (C=O) groups excluding carboxylic acids is 2. The van der Waals surface area contributed by atoms with Crippen molar-refractivity contribution in [2.75, 3.05) is 13.2 Å². The molecule has 1 aromatic heterocycles. The fraction of sp³-hybridized carbons (Fsp3) is 0.591. The van der Waals surface area contributed by atoms with E-state index in [4.69, 9.17) is 14.2 Å². The van der Waals surface area contributed by atoms with Crippen LogP contribution in [-0.2, 0) is 27.5 Å². The molecule has 0 bridgehead atoms. The number of esters is 1. The third kappa shape index (κ3) is 7.99. The van der Waals surface area contributed by atoms with Crippen LogP contribution >= 0.6 is 0 Å². The van der Waals surface area contributed by atoms with Gasteiger partial charge in [0.25, 0.3) is 0 Å². The van der Waals surface area contributed by atoms with Gasteiger partial charge < -0.3 is 19.5 Å². The number of amides is 1. The second-order valence-corrected chi connectivity index (χ2v) is 15.2. The lowest BCUT2D eigenvalue weighted by atomic mass is 10.1. The number of nitrogens with one attached hydrogen (secondary N) is 1. The van der Waals surface area contributed by atoms with Gasteiger partial charge in [-0.1, -0.05) is 25.7 Å². The van der Waals surface area contributed by atoms with Crippen LogP contribution in [0.15, 0.2) is 18.2 Å². The van der Waals surface area contributed by atoms with Gasteiger partial charge in [0.1, 0.15) is 12.3 Å². The van der Waals surface area contributed by atoms with Crippen molar-refractivity contribution in [1.29, 1.82) is 0 Å². The lowest BCUT2D eigenvalue weighted by Crippen LogP contribution is -2.32. The Morgan fingerprint density at radius 3 is 2.52 bits per heavy atom. The van der Waals surface area contributed by atoms with Crippen molar-refractivity contribution in [3.05, 3.63) is 29.5 Å². The van der Waals surface area contributed by atoms with Crippen LogP contribution in [0.3, 0.4) is 0 Å². The van der Waals surface area contributed by atoms with Crippen molar-refractivity contribution in [3.63, 3.8) is 0 Å². The Kier molecular flexibility index (Phi) is 8.25. The molecule has 0 atom stereocenters. The minimum Gasteiger partial charge on any atom is -0.461 e. The quantitative estimate of drug-likeness (QED) is 0.343. The normalized spacial score (nSPS) is 12.1. The van der Waals surface area contributed by atoms with E-state index in [0.29, 0.717) is 12.0 Å². The van der Waals surface area contributed by atoms with Gasteiger partial charge in [-0.05, 0) is 51.4 Å². The van der Waals surface area contributed by atoms with Crippen molar-refractivity contribution in [2.45, 2.75) is 72.3 Å². The smallest absolute Gasteiger partial charge is 0.407 e. The average molecular weight is 450 g/mol. The van der Waals surface area contributed by atoms with Gasteiger partial charge >= 0.3 is 12.1 Å². The minimum absolute atomic E-state index is 0.241. The van der Waals surface area contributed by atoms with Gasteiger partial charge in [0.15, 0.2) is 5.69 Å². The Morgan fingerprint density at radius 1 is 1.19 bits per heavy atom. The molecule has 9 heteroatoms. The van der Waals surface area contributed by atoms with Gasteiger partial charge in [0.05, 0.1) is 12.1 Å². The first-order valence-electron chi connectivity index (χ1n) is 10.6. The summed E-state index contributed by atoms with van der Waals surface area (Å²) in [5, 5.41) is 7.84. The van der Waals surface area contributed by atoms with E-state index < -0.39 is 25.7 Å². The van der Waals surface area contributed by atoms with Crippen molar-refractivity contribution >= 4 is 31.0 Å². The van der Waals surface area contributed by atoms with Gasteiger partial charge in [0.2, 0.25) is 0 Å². The largest absolute Gasteiger partial charge is 0.461 e. The van der Waals surface area contributed by atoms with Gasteiger partial charge in [-0.15, -0.1) is 0 Å². The van der Waals surface area contributed by atoms with Crippen LogP contribution in [0.1, 0.15) is 43.7 Å². The van der Waals surface area contributed by atoms with E-state index >= 15 is 0 Å². The number of ether oxygens (including phenoxy) is 3. The standard InChI is InChI=1S/C22H35N3O5Si/c1-8-29-20(26)19-17-13-16(14-23-21(27)30-22(2,3)4)9-10-18(17)25(24-19)15-28-11-12-31(5,6)7/h9-10,13H,8,11-12,14-15H2,1-7H3,(H,23,27). The number of benzene rings is 1. The summed E-state index contributed by atoms with van der Waals surface area (Å²) in [6, 6.07) is 6.65. The number of rotatable bonds is 9. The molecule has 8 nitrogen and oxygen atoms in total. The van der Waals surface area contributed by atoms with Crippen molar-refractivity contribution in [1.82, 2.24) is 15.1 Å². The third-order valence-electron chi connectivity index (χ3n) is 4.33. The van der Waals surface area contributed by atoms with Gasteiger partial charge in [0, 0.05) is 26.6 Å². The fourth-order valence-electron chi connectivity index (χ4n) is 2.80. The van der Waals surface area contributed by atoms with Crippen LogP contribution in [0.5, 0.6) is 0 Å². The number of carbonyl (C=O) groups is 2. The molecule has 0 saturated carbocycles. The Labute approximate surface area is 185 Å². The molecular weight excluding hydrogens is 414 g/mol. The van der Waals surface area contributed by atoms with E-state index in [2.05, 4.69) is 30.1 Å². The Balaban J connectivity index is 2.20. The van der Waals surface area contributed by atoms with Crippen molar-refractivity contribution in [3.8, 4) is 0 Å². The van der Waals surface area contributed by atoms with Crippen LogP contribution in [0.2, 0.25) is 25.7 Å². The summed E-state index contributed by atoms with van der Waals surface area (Å²) in [6.45, 7) is 15.5. The monoisotopic (exact) mass is 449 g/mol. The molecule has 0 spiro atoms. The highest BCUT2D eigenvalue weighted by molar-refractivity contribution is 6.76. The van der Waals surface area contributed by atoms with Gasteiger partial charge in [-0.25, -0.2) is 14.3 Å². The summed E-state index contributed by atoms with van der Waals surface area (Å²) in [7, 11) is -1.19. The molecule has 0 aliphatic rings. The first-order chi connectivity index (χ1) is 14.4. The maximum atomic E-state index is 12.4. The second-order valence-electron chi connectivity index (χ2n) is 9.62. The van der Waals surface area contributed by atoms with E-state index in [0.717, 1.165) is 17.1 Å². The summed E-state index contributed by atoms with van der Waals surface area (Å²) in [6.07, 6.45) is -0.496. The Morgan fingerprint density at radius 2 is 1.90 bits per heavy atom. The molecule has 1 heterocycles. The third-order valence-corrected chi connectivity index (χ3v) is 6.03. The molecule has 0 saturated heterocycles. The zero-order valence-corrected chi connectivity index (χ0v) is 20.7. The predicted molar refractivity (Wildman–Crippen MR) is 123 cm³/mol. The molecule has 31 heavy (non-hydrogen) atoms. The van der Waals surface area contributed by atoms with Crippen LogP contribution < -0.4 is 5.32 Å². The predicted octanol–water partition coefficient (Wildman–Crippen LogP) is 4.55. The molecule has 172 valence electrons. The molecule has 0 aliphatic carbocycles. The molecule has 0 radical (unpaired) electrons. The van der Waals surface area contributed by atoms with E-state index in [1.54, 1.807) is 11.6 Å². The molecule has 0 aliphatic heterocycles. The lowest BCUT2D eigenvalue weighted by molar-refractivity contribution is 0.0506. The zero-order valence-electron chi connectivity index (χ0n) is 19.7. The van der Waals surface area contributed by atoms with Crippen molar-refractivity contribution in [2.24, 2.45) is 0 Å². The van der Waals surface area contributed by atoms with Gasteiger partial charge in [-0.3, -0.25) is 0 Å². The Bertz CT molecular complexity index is 912. The molecule has 0 unspecified atom stereocenters. The summed E-state index contributed by atoms with van der Waals surface area (Å²) in [5.41, 5.74) is 1.27. The molecule has 2 rings (SSSR count). The summed E-state index contributed by atoms with van der Waals surface area (Å²) in [4.78, 5) is 24.4. The second kappa shape index (κ2) is 10.3. The van der Waals surface area contributed by atoms with Crippen LogP contribution in [-0.4, -0.2) is 48.7 Å². The number of nitrogens with zero attached hydrogens (tertiary/aromatic N) is 2. The topological polar surface area (TPSA) is 91.7 Å². The van der Waals surface area contributed by atoms with E-state index in [9.17, 15) is 9.59 Å². The lowest BCUT2D eigenvalue weighted by Gasteiger charge is -2.19. The van der Waals surface area contributed by atoms with E-state index in [1.807, 2.05) is 39.0 Å². The summed E-state index contributed by atoms with van der Waals surface area (Å²) in [5.74, 6) is -0.481. The number of alkyl carbamates (subject to hydrolysis) is 1. The first kappa shape index (κ1) is 24.9. The molecule has 2 aromatic rings. The van der Waals surface area contributed by atoms with Crippen molar-refractivity contribution < 1.29 is 23.8 Å². The Hall–Kier alpha value is -2.39. The van der Waals surface area contributed by atoms with Crippen LogP contribution in [0, 0.1) is 0 Å². The number of hydrogen-bond acceptors (Lipinski definition) is 6. The van der Waals surface area contributed by atoms with Crippen LogP contribution in [0.4, 0.5) is 4.79 Å². The molecule has 1 N–H and O–H groups in total. The SMILES string of the molecule is CCOC(=O)c1nn(COCC[Si](C)(C)C)c2ccc(CNC(=O)OC(C)(C)C)cc12. The first-order valence-corrected chi connectivity index (χ1v) is 14.3. The summed E-state index contributed by atoms with van der Waals surface area (Å²) < 4.78 is 17.9. The number of aromatic nitrogens is 2. The highest BCUT2D eigenvalue weighted by Crippen LogP contribution is 2.22. The highest BCUT2D eigenvalue weighted by atomic mass is 28.3. The maximum absolute atomic E-state index is 12.4. The fourth-order valence-corrected chi connectivity index (χ4v) is 3.56. The summed E-state index contributed by atoms with van der Waals surface area (Å²) >= 11 is 0. The average Bonchev–Trinajstić information content (AvgIpc) is 3.00. The van der Waals surface area contributed by atoms with Gasteiger partial charge in [-0.2, -0.15) is 5.10 Å². The minimum atomic E-state index is -1.19. The number of fused-ring (bicyclic) bond motifs is 1. The van der Waals surface area contributed by atoms with E-state index in [1.165, 1.54) is 0 Å². The number of hydrogen-bond donors (Lipinski definition) is 1. The van der Waals surface area contributed by atoms with Crippen LogP contribution in [0.25, 0.3) is 10.9 Å². The molecule has 1 aromatic carbocycles. The van der Waals surface area contributed by atoms with E-state index in [-0.39, 0.29) is 25.6 Å². The molecular formula is C22H35N3O5Si. The highest BCUT2D eigenvalue weighted by Gasteiger charge is 2.20.